The maximum absolute atomic E-state index is 5.23. The zero-order valence-corrected chi connectivity index (χ0v) is 12.5. The Labute approximate surface area is 133 Å². The quantitative estimate of drug-likeness (QED) is 0.627. The van der Waals surface area contributed by atoms with Crippen molar-refractivity contribution in [1.29, 1.82) is 0 Å². The SMILES string of the molecule is COc1ccc(-c2ccnc3n[nH]c(-c4ccncc4)c23)cc1. The second kappa shape index (κ2) is 5.53. The molecule has 0 atom stereocenters. The number of methoxy groups -OCH3 is 1. The predicted octanol–water partition coefficient (Wildman–Crippen LogP) is 3.70. The van der Waals surface area contributed by atoms with E-state index in [1.807, 2.05) is 42.5 Å². The molecule has 112 valence electrons. The number of fused-ring (bicyclic) bond motifs is 1. The molecule has 4 rings (SSSR count). The van der Waals surface area contributed by atoms with Crippen molar-refractivity contribution in [3.05, 3.63) is 61.1 Å². The summed E-state index contributed by atoms with van der Waals surface area (Å²) in [7, 11) is 1.66. The first-order valence-corrected chi connectivity index (χ1v) is 7.25. The number of aromatic nitrogens is 4. The second-order valence-corrected chi connectivity index (χ2v) is 5.12. The fourth-order valence-electron chi connectivity index (χ4n) is 2.69. The average Bonchev–Trinajstić information content (AvgIpc) is 3.07. The molecule has 0 amide bonds. The second-order valence-electron chi connectivity index (χ2n) is 5.12. The molecule has 5 nitrogen and oxygen atoms in total. The third-order valence-electron chi connectivity index (χ3n) is 3.82. The number of pyridine rings is 2. The Morgan fingerprint density at radius 3 is 2.39 bits per heavy atom. The van der Waals surface area contributed by atoms with Crippen molar-refractivity contribution >= 4 is 11.0 Å². The summed E-state index contributed by atoms with van der Waals surface area (Å²) in [6.45, 7) is 0. The molecule has 0 fully saturated rings. The lowest BCUT2D eigenvalue weighted by Crippen LogP contribution is -1.86. The van der Waals surface area contributed by atoms with Gasteiger partial charge in [0.2, 0.25) is 0 Å². The van der Waals surface area contributed by atoms with Crippen molar-refractivity contribution in [2.24, 2.45) is 0 Å². The Bertz CT molecular complexity index is 946. The summed E-state index contributed by atoms with van der Waals surface area (Å²) < 4.78 is 5.23. The highest BCUT2D eigenvalue weighted by molar-refractivity contribution is 6.02. The van der Waals surface area contributed by atoms with Gasteiger partial charge in [0.15, 0.2) is 5.65 Å². The Morgan fingerprint density at radius 1 is 0.870 bits per heavy atom. The van der Waals surface area contributed by atoms with E-state index in [9.17, 15) is 0 Å². The van der Waals surface area contributed by atoms with Gasteiger partial charge in [-0.05, 0) is 41.5 Å². The van der Waals surface area contributed by atoms with Crippen LogP contribution in [0.4, 0.5) is 0 Å². The number of H-pyrrole nitrogens is 1. The van der Waals surface area contributed by atoms with Crippen molar-refractivity contribution in [3.63, 3.8) is 0 Å². The monoisotopic (exact) mass is 302 g/mol. The number of hydrogen-bond donors (Lipinski definition) is 1. The molecule has 0 aliphatic rings. The minimum Gasteiger partial charge on any atom is -0.497 e. The number of nitrogens with zero attached hydrogens (tertiary/aromatic N) is 3. The van der Waals surface area contributed by atoms with E-state index in [4.69, 9.17) is 4.74 Å². The average molecular weight is 302 g/mol. The molecule has 1 aromatic carbocycles. The van der Waals surface area contributed by atoms with E-state index in [0.29, 0.717) is 5.65 Å². The zero-order chi connectivity index (χ0) is 15.6. The summed E-state index contributed by atoms with van der Waals surface area (Å²) in [4.78, 5) is 8.44. The van der Waals surface area contributed by atoms with Gasteiger partial charge in [0.05, 0.1) is 18.2 Å². The van der Waals surface area contributed by atoms with Crippen LogP contribution in [0.25, 0.3) is 33.4 Å². The van der Waals surface area contributed by atoms with Crippen LogP contribution in [0.2, 0.25) is 0 Å². The van der Waals surface area contributed by atoms with E-state index < -0.39 is 0 Å². The molecule has 0 spiro atoms. The van der Waals surface area contributed by atoms with Crippen molar-refractivity contribution in [3.8, 4) is 28.1 Å². The van der Waals surface area contributed by atoms with Crippen LogP contribution < -0.4 is 4.74 Å². The van der Waals surface area contributed by atoms with Gasteiger partial charge in [-0.25, -0.2) is 4.98 Å². The van der Waals surface area contributed by atoms with Crippen LogP contribution >= 0.6 is 0 Å². The Balaban J connectivity index is 1.94. The van der Waals surface area contributed by atoms with E-state index in [2.05, 4.69) is 20.2 Å². The number of hydrogen-bond acceptors (Lipinski definition) is 4. The van der Waals surface area contributed by atoms with E-state index >= 15 is 0 Å². The standard InChI is InChI=1S/C18H14N4O/c1-23-14-4-2-12(3-5-14)15-8-11-20-18-16(15)17(21-22-18)13-6-9-19-10-7-13/h2-11H,1H3,(H,20,21,22). The molecule has 1 N–H and O–H groups in total. The fraction of sp³-hybridized carbons (Fsp3) is 0.0556. The van der Waals surface area contributed by atoms with Gasteiger partial charge in [-0.1, -0.05) is 12.1 Å². The van der Waals surface area contributed by atoms with Gasteiger partial charge >= 0.3 is 0 Å². The first kappa shape index (κ1) is 13.5. The lowest BCUT2D eigenvalue weighted by atomic mass is 10.00. The highest BCUT2D eigenvalue weighted by Crippen LogP contribution is 2.34. The van der Waals surface area contributed by atoms with Crippen LogP contribution in [0.3, 0.4) is 0 Å². The van der Waals surface area contributed by atoms with Crippen LogP contribution in [-0.2, 0) is 0 Å². The summed E-state index contributed by atoms with van der Waals surface area (Å²) in [5.41, 5.74) is 4.85. The number of benzene rings is 1. The summed E-state index contributed by atoms with van der Waals surface area (Å²) in [5.74, 6) is 0.834. The van der Waals surface area contributed by atoms with Gasteiger partial charge in [-0.2, -0.15) is 5.10 Å². The van der Waals surface area contributed by atoms with Crippen molar-refractivity contribution in [2.45, 2.75) is 0 Å². The molecule has 3 aromatic heterocycles. The van der Waals surface area contributed by atoms with Gasteiger partial charge in [0.1, 0.15) is 5.75 Å². The minimum atomic E-state index is 0.699. The molecule has 0 aliphatic carbocycles. The third kappa shape index (κ3) is 2.32. The lowest BCUT2D eigenvalue weighted by Gasteiger charge is -2.06. The predicted molar refractivity (Wildman–Crippen MR) is 89.1 cm³/mol. The van der Waals surface area contributed by atoms with Crippen LogP contribution in [-0.4, -0.2) is 27.3 Å². The van der Waals surface area contributed by atoms with Crippen molar-refractivity contribution in [1.82, 2.24) is 20.2 Å². The normalized spacial score (nSPS) is 10.8. The number of ether oxygens (including phenoxy) is 1. The molecular formula is C18H14N4O. The lowest BCUT2D eigenvalue weighted by molar-refractivity contribution is 0.415. The Hall–Kier alpha value is -3.21. The number of nitrogens with one attached hydrogen (secondary N) is 1. The van der Waals surface area contributed by atoms with E-state index in [-0.39, 0.29) is 0 Å². The molecule has 0 unspecified atom stereocenters. The summed E-state index contributed by atoms with van der Waals surface area (Å²) in [6.07, 6.45) is 5.32. The summed E-state index contributed by atoms with van der Waals surface area (Å²) in [5, 5.41) is 8.44. The summed E-state index contributed by atoms with van der Waals surface area (Å²) in [6, 6.07) is 13.9. The largest absolute Gasteiger partial charge is 0.497 e. The molecule has 0 saturated carbocycles. The van der Waals surface area contributed by atoms with E-state index in [1.54, 1.807) is 25.7 Å². The molecular weight excluding hydrogens is 288 g/mol. The van der Waals surface area contributed by atoms with Crippen molar-refractivity contribution in [2.75, 3.05) is 7.11 Å². The minimum absolute atomic E-state index is 0.699. The molecule has 0 saturated heterocycles. The maximum Gasteiger partial charge on any atom is 0.182 e. The first-order valence-electron chi connectivity index (χ1n) is 7.25. The molecule has 23 heavy (non-hydrogen) atoms. The fourth-order valence-corrected chi connectivity index (χ4v) is 2.69. The Kier molecular flexibility index (Phi) is 3.24. The van der Waals surface area contributed by atoms with Gasteiger partial charge in [0.25, 0.3) is 0 Å². The van der Waals surface area contributed by atoms with Crippen LogP contribution in [0.5, 0.6) is 5.75 Å². The molecule has 0 aliphatic heterocycles. The van der Waals surface area contributed by atoms with Gasteiger partial charge in [0, 0.05) is 24.2 Å². The van der Waals surface area contributed by atoms with E-state index in [1.165, 1.54) is 0 Å². The molecule has 0 bridgehead atoms. The number of rotatable bonds is 3. The van der Waals surface area contributed by atoms with Gasteiger partial charge in [-0.15, -0.1) is 0 Å². The Morgan fingerprint density at radius 2 is 1.65 bits per heavy atom. The smallest absolute Gasteiger partial charge is 0.182 e. The van der Waals surface area contributed by atoms with Crippen LogP contribution in [0.1, 0.15) is 0 Å². The maximum atomic E-state index is 5.23. The molecule has 3 heterocycles. The molecule has 5 heteroatoms. The zero-order valence-electron chi connectivity index (χ0n) is 12.5. The van der Waals surface area contributed by atoms with Crippen LogP contribution in [0, 0.1) is 0 Å². The highest BCUT2D eigenvalue weighted by atomic mass is 16.5. The van der Waals surface area contributed by atoms with Crippen molar-refractivity contribution < 1.29 is 4.74 Å². The van der Waals surface area contributed by atoms with Gasteiger partial charge < -0.3 is 4.74 Å². The molecule has 0 radical (unpaired) electrons. The van der Waals surface area contributed by atoms with Gasteiger partial charge in [-0.3, -0.25) is 10.1 Å². The highest BCUT2D eigenvalue weighted by Gasteiger charge is 2.14. The first-order chi connectivity index (χ1) is 11.4. The summed E-state index contributed by atoms with van der Waals surface area (Å²) >= 11 is 0. The van der Waals surface area contributed by atoms with E-state index in [0.717, 1.165) is 33.5 Å². The topological polar surface area (TPSA) is 63.7 Å². The number of aromatic amines is 1. The molecule has 4 aromatic rings. The van der Waals surface area contributed by atoms with Crippen LogP contribution in [0.15, 0.2) is 61.1 Å². The third-order valence-corrected chi connectivity index (χ3v) is 3.82.